The van der Waals surface area contributed by atoms with E-state index in [1.807, 2.05) is 0 Å². The van der Waals surface area contributed by atoms with E-state index in [9.17, 15) is 9.59 Å². The van der Waals surface area contributed by atoms with Crippen molar-refractivity contribution in [1.82, 2.24) is 10.6 Å². The summed E-state index contributed by atoms with van der Waals surface area (Å²) in [5.74, 6) is 0.885. The summed E-state index contributed by atoms with van der Waals surface area (Å²) < 4.78 is 0. The fourth-order valence-corrected chi connectivity index (χ4v) is 4.38. The molecule has 2 rings (SSSR count). The third kappa shape index (κ3) is 5.76. The van der Waals surface area contributed by atoms with Crippen molar-refractivity contribution < 1.29 is 9.59 Å². The van der Waals surface area contributed by atoms with Crippen LogP contribution in [0.4, 0.5) is 0 Å². The minimum atomic E-state index is -0.987. The average molecular weight is 338 g/mol. The number of likely N-dealkylation sites (N-methyl/N-ethyl adjacent to an activating group) is 1. The Morgan fingerprint density at radius 2 is 1.50 bits per heavy atom. The lowest BCUT2D eigenvalue weighted by molar-refractivity contribution is -0.127. The van der Waals surface area contributed by atoms with Crippen molar-refractivity contribution in [3.63, 3.8) is 0 Å². The van der Waals surface area contributed by atoms with Gasteiger partial charge in [-0.05, 0) is 31.1 Å². The van der Waals surface area contributed by atoms with Gasteiger partial charge < -0.3 is 16.4 Å². The van der Waals surface area contributed by atoms with E-state index in [1.54, 1.807) is 7.05 Å². The molecule has 2 aliphatic rings. The van der Waals surface area contributed by atoms with Crippen LogP contribution >= 0.6 is 0 Å². The lowest BCUT2D eigenvalue weighted by Crippen LogP contribution is -2.60. The molecular weight excluding hydrogens is 302 g/mol. The van der Waals surface area contributed by atoms with Crippen molar-refractivity contribution in [2.75, 3.05) is 13.6 Å². The van der Waals surface area contributed by atoms with E-state index in [-0.39, 0.29) is 18.4 Å². The van der Waals surface area contributed by atoms with E-state index < -0.39 is 5.54 Å². The summed E-state index contributed by atoms with van der Waals surface area (Å²) in [6.45, 7) is 0.245. The molecular formula is C19H35N3O2. The van der Waals surface area contributed by atoms with Crippen molar-refractivity contribution in [2.45, 2.75) is 82.6 Å². The Balaban J connectivity index is 1.84. The van der Waals surface area contributed by atoms with Crippen LogP contribution in [0.2, 0.25) is 0 Å². The number of amides is 2. The van der Waals surface area contributed by atoms with Gasteiger partial charge >= 0.3 is 0 Å². The number of nitrogens with two attached hydrogens (primary N) is 1. The molecule has 5 nitrogen and oxygen atoms in total. The summed E-state index contributed by atoms with van der Waals surface area (Å²) in [5.41, 5.74) is 5.45. The van der Waals surface area contributed by atoms with Crippen molar-refractivity contribution in [1.29, 1.82) is 0 Å². The predicted octanol–water partition coefficient (Wildman–Crippen LogP) is 2.49. The van der Waals surface area contributed by atoms with Gasteiger partial charge in [-0.3, -0.25) is 9.59 Å². The number of nitrogens with one attached hydrogen (secondary N) is 2. The molecule has 1 unspecified atom stereocenters. The number of carbonyl (C=O) groups excluding carboxylic acids is 2. The third-order valence-corrected chi connectivity index (χ3v) is 5.86. The van der Waals surface area contributed by atoms with Crippen LogP contribution in [0.1, 0.15) is 77.0 Å². The van der Waals surface area contributed by atoms with Crippen LogP contribution in [0.25, 0.3) is 0 Å². The van der Waals surface area contributed by atoms with E-state index in [0.29, 0.717) is 24.7 Å². The van der Waals surface area contributed by atoms with Gasteiger partial charge in [-0.2, -0.15) is 0 Å². The molecule has 0 spiro atoms. The van der Waals surface area contributed by atoms with Gasteiger partial charge in [-0.25, -0.2) is 0 Å². The second kappa shape index (κ2) is 9.40. The summed E-state index contributed by atoms with van der Waals surface area (Å²) in [7, 11) is 1.62. The van der Waals surface area contributed by atoms with Crippen molar-refractivity contribution >= 4 is 11.8 Å². The molecule has 2 amide bonds. The first-order chi connectivity index (χ1) is 11.5. The highest BCUT2D eigenvalue weighted by atomic mass is 16.2. The van der Waals surface area contributed by atoms with Crippen molar-refractivity contribution in [3.05, 3.63) is 0 Å². The lowest BCUT2D eigenvalue weighted by Gasteiger charge is -2.33. The summed E-state index contributed by atoms with van der Waals surface area (Å²) >= 11 is 0. The van der Waals surface area contributed by atoms with E-state index in [2.05, 4.69) is 10.6 Å². The molecule has 24 heavy (non-hydrogen) atoms. The molecule has 4 N–H and O–H groups in total. The second-order valence-electron chi connectivity index (χ2n) is 7.93. The molecule has 2 saturated carbocycles. The van der Waals surface area contributed by atoms with Crippen LogP contribution in [0.5, 0.6) is 0 Å². The average Bonchev–Trinajstić information content (AvgIpc) is 2.61. The first-order valence-electron chi connectivity index (χ1n) is 9.81. The highest BCUT2D eigenvalue weighted by Gasteiger charge is 2.36. The summed E-state index contributed by atoms with van der Waals surface area (Å²) in [6, 6.07) is 0. The Hall–Kier alpha value is -1.10. The minimum absolute atomic E-state index is 0.0456. The van der Waals surface area contributed by atoms with Crippen molar-refractivity contribution in [3.8, 4) is 0 Å². The van der Waals surface area contributed by atoms with Gasteiger partial charge in [0.05, 0.1) is 0 Å². The third-order valence-electron chi connectivity index (χ3n) is 5.86. The highest BCUT2D eigenvalue weighted by molar-refractivity contribution is 5.87. The van der Waals surface area contributed by atoms with E-state index in [1.165, 1.54) is 38.5 Å². The molecule has 0 aromatic carbocycles. The maximum Gasteiger partial charge on any atom is 0.241 e. The van der Waals surface area contributed by atoms with E-state index in [0.717, 1.165) is 25.7 Å². The van der Waals surface area contributed by atoms with Crippen LogP contribution < -0.4 is 16.4 Å². The zero-order valence-electron chi connectivity index (χ0n) is 15.2. The van der Waals surface area contributed by atoms with Crippen LogP contribution in [0.15, 0.2) is 0 Å². The summed E-state index contributed by atoms with van der Waals surface area (Å²) in [5, 5.41) is 5.64. The van der Waals surface area contributed by atoms with Gasteiger partial charge in [0.2, 0.25) is 11.8 Å². The molecule has 1 atom stereocenters. The molecule has 0 bridgehead atoms. The largest absolute Gasteiger partial charge is 0.358 e. The topological polar surface area (TPSA) is 84.2 Å². The highest BCUT2D eigenvalue weighted by Crippen LogP contribution is 2.30. The summed E-state index contributed by atoms with van der Waals surface area (Å²) in [4.78, 5) is 24.6. The smallest absolute Gasteiger partial charge is 0.241 e. The first kappa shape index (κ1) is 19.2. The second-order valence-corrected chi connectivity index (χ2v) is 7.93. The van der Waals surface area contributed by atoms with Gasteiger partial charge in [-0.1, -0.05) is 51.4 Å². The Labute approximate surface area is 146 Å². The Morgan fingerprint density at radius 1 is 0.958 bits per heavy atom. The summed E-state index contributed by atoms with van der Waals surface area (Å²) in [6.07, 6.45) is 13.3. The zero-order valence-corrected chi connectivity index (χ0v) is 15.2. The fraction of sp³-hybridized carbons (Fsp3) is 0.895. The minimum Gasteiger partial charge on any atom is -0.358 e. The monoisotopic (exact) mass is 337 g/mol. The molecule has 0 heterocycles. The Bertz CT molecular complexity index is 415. The Kier molecular flexibility index (Phi) is 7.53. The zero-order chi connectivity index (χ0) is 17.4. The molecule has 2 aliphatic carbocycles. The molecule has 0 radical (unpaired) electrons. The van der Waals surface area contributed by atoms with Gasteiger partial charge in [0.25, 0.3) is 0 Å². The maximum absolute atomic E-state index is 12.3. The molecule has 0 saturated heterocycles. The van der Waals surface area contributed by atoms with Gasteiger partial charge in [-0.15, -0.1) is 0 Å². The number of carbonyl (C=O) groups is 2. The number of hydrogen-bond donors (Lipinski definition) is 3. The van der Waals surface area contributed by atoms with Crippen LogP contribution in [0, 0.1) is 11.8 Å². The molecule has 0 aromatic rings. The quantitative estimate of drug-likeness (QED) is 0.667. The molecule has 0 aromatic heterocycles. The maximum atomic E-state index is 12.3. The SMILES string of the molecule is CNC(=O)C(N)(CNC(=O)CC1CCCCC1)CC1CCCCC1. The normalized spacial score (nSPS) is 22.6. The fourth-order valence-electron chi connectivity index (χ4n) is 4.38. The van der Waals surface area contributed by atoms with Crippen molar-refractivity contribution in [2.24, 2.45) is 17.6 Å². The van der Waals surface area contributed by atoms with Crippen LogP contribution in [-0.4, -0.2) is 30.9 Å². The number of hydrogen-bond acceptors (Lipinski definition) is 3. The number of rotatable bonds is 7. The van der Waals surface area contributed by atoms with Crippen LogP contribution in [0.3, 0.4) is 0 Å². The molecule has 2 fully saturated rings. The molecule has 5 heteroatoms. The lowest BCUT2D eigenvalue weighted by atomic mass is 9.79. The van der Waals surface area contributed by atoms with Gasteiger partial charge in [0.15, 0.2) is 0 Å². The predicted molar refractivity (Wildman–Crippen MR) is 96.4 cm³/mol. The molecule has 138 valence electrons. The van der Waals surface area contributed by atoms with Gasteiger partial charge in [0, 0.05) is 20.0 Å². The standard InChI is InChI=1S/C19H35N3O2/c1-21-18(24)19(20,13-16-10-6-3-7-11-16)14-22-17(23)12-15-8-4-2-5-9-15/h15-16H,2-14,20H2,1H3,(H,21,24)(H,22,23). The van der Waals surface area contributed by atoms with E-state index >= 15 is 0 Å². The van der Waals surface area contributed by atoms with E-state index in [4.69, 9.17) is 5.73 Å². The first-order valence-corrected chi connectivity index (χ1v) is 9.81. The van der Waals surface area contributed by atoms with Gasteiger partial charge in [0.1, 0.15) is 5.54 Å². The Morgan fingerprint density at radius 3 is 2.04 bits per heavy atom. The molecule has 0 aliphatic heterocycles. The van der Waals surface area contributed by atoms with Crippen LogP contribution in [-0.2, 0) is 9.59 Å².